The Morgan fingerprint density at radius 3 is 2.76 bits per heavy atom. The van der Waals surface area contributed by atoms with E-state index in [1.54, 1.807) is 24.3 Å². The SMILES string of the molecule is O=C(ON1CCC[C@@H]1COc1ccccc1Cl)C(F)(F)F. The van der Waals surface area contributed by atoms with Crippen LogP contribution in [0.3, 0.4) is 0 Å². The summed E-state index contributed by atoms with van der Waals surface area (Å²) >= 11 is 5.92. The number of halogens is 4. The molecule has 1 aromatic rings. The second-order valence-corrected chi connectivity index (χ2v) is 4.96. The van der Waals surface area contributed by atoms with E-state index < -0.39 is 18.2 Å². The Morgan fingerprint density at radius 2 is 2.10 bits per heavy atom. The highest BCUT2D eigenvalue weighted by atomic mass is 35.5. The number of nitrogens with zero attached hydrogens (tertiary/aromatic N) is 1. The van der Waals surface area contributed by atoms with Gasteiger partial charge < -0.3 is 9.57 Å². The molecule has 8 heteroatoms. The summed E-state index contributed by atoms with van der Waals surface area (Å²) < 4.78 is 42.0. The number of rotatable bonds is 4. The molecule has 1 aliphatic heterocycles. The van der Waals surface area contributed by atoms with Gasteiger partial charge in [0.15, 0.2) is 0 Å². The fourth-order valence-electron chi connectivity index (χ4n) is 2.00. The molecule has 1 saturated heterocycles. The molecule has 1 heterocycles. The van der Waals surface area contributed by atoms with Gasteiger partial charge in [-0.2, -0.15) is 13.2 Å². The average Bonchev–Trinajstić information content (AvgIpc) is 2.84. The van der Waals surface area contributed by atoms with Crippen LogP contribution < -0.4 is 4.74 Å². The number of hydrogen-bond acceptors (Lipinski definition) is 4. The van der Waals surface area contributed by atoms with Gasteiger partial charge in [0.05, 0.1) is 11.1 Å². The zero-order valence-corrected chi connectivity index (χ0v) is 11.7. The molecule has 1 atom stereocenters. The first-order valence-corrected chi connectivity index (χ1v) is 6.69. The van der Waals surface area contributed by atoms with Gasteiger partial charge in [-0.1, -0.05) is 23.7 Å². The Kier molecular flexibility index (Phi) is 4.95. The van der Waals surface area contributed by atoms with Crippen LogP contribution in [0.5, 0.6) is 5.75 Å². The zero-order chi connectivity index (χ0) is 15.5. The number of carbonyl (C=O) groups excluding carboxylic acids is 1. The summed E-state index contributed by atoms with van der Waals surface area (Å²) in [7, 11) is 0. The summed E-state index contributed by atoms with van der Waals surface area (Å²) in [6, 6.07) is 6.35. The number of ether oxygens (including phenoxy) is 1. The lowest BCUT2D eigenvalue weighted by atomic mass is 10.2. The van der Waals surface area contributed by atoms with Crippen molar-refractivity contribution in [3.8, 4) is 5.75 Å². The van der Waals surface area contributed by atoms with Crippen molar-refractivity contribution in [1.82, 2.24) is 5.06 Å². The Balaban J connectivity index is 1.91. The highest BCUT2D eigenvalue weighted by Crippen LogP contribution is 2.26. The normalized spacial score (nSPS) is 19.5. The van der Waals surface area contributed by atoms with Crippen molar-refractivity contribution in [2.24, 2.45) is 0 Å². The summed E-state index contributed by atoms with van der Waals surface area (Å²) in [4.78, 5) is 15.2. The maximum atomic E-state index is 12.2. The highest BCUT2D eigenvalue weighted by molar-refractivity contribution is 6.32. The van der Waals surface area contributed by atoms with E-state index in [0.29, 0.717) is 23.6 Å². The monoisotopic (exact) mass is 323 g/mol. The Hall–Kier alpha value is -1.47. The summed E-state index contributed by atoms with van der Waals surface area (Å²) in [5.41, 5.74) is 0. The van der Waals surface area contributed by atoms with Gasteiger partial charge in [0.2, 0.25) is 0 Å². The molecule has 0 radical (unpaired) electrons. The van der Waals surface area contributed by atoms with Crippen molar-refractivity contribution >= 4 is 17.6 Å². The molecule has 0 amide bonds. The molecular weight excluding hydrogens is 311 g/mol. The smallest absolute Gasteiger partial charge is 0.490 e. The largest absolute Gasteiger partial charge is 0.492 e. The van der Waals surface area contributed by atoms with Gasteiger partial charge in [-0.15, -0.1) is 5.06 Å². The lowest BCUT2D eigenvalue weighted by molar-refractivity contribution is -0.242. The molecule has 21 heavy (non-hydrogen) atoms. The summed E-state index contributed by atoms with van der Waals surface area (Å²) in [6.45, 7) is 0.341. The van der Waals surface area contributed by atoms with Crippen molar-refractivity contribution in [3.63, 3.8) is 0 Å². The van der Waals surface area contributed by atoms with Gasteiger partial charge in [0.1, 0.15) is 12.4 Å². The molecule has 0 aliphatic carbocycles. The highest BCUT2D eigenvalue weighted by Gasteiger charge is 2.44. The van der Waals surface area contributed by atoms with Crippen molar-refractivity contribution in [1.29, 1.82) is 0 Å². The van der Waals surface area contributed by atoms with Crippen molar-refractivity contribution < 1.29 is 27.5 Å². The Labute approximate surface area is 124 Å². The van der Waals surface area contributed by atoms with E-state index in [1.807, 2.05) is 0 Å². The average molecular weight is 324 g/mol. The fraction of sp³-hybridized carbons (Fsp3) is 0.462. The van der Waals surface area contributed by atoms with E-state index in [9.17, 15) is 18.0 Å². The molecule has 1 aliphatic rings. The molecule has 0 aromatic heterocycles. The van der Waals surface area contributed by atoms with E-state index >= 15 is 0 Å². The number of hydroxylamine groups is 2. The van der Waals surface area contributed by atoms with Crippen LogP contribution in [0.1, 0.15) is 12.8 Å². The molecular formula is C13H13ClF3NO3. The Morgan fingerprint density at radius 1 is 1.38 bits per heavy atom. The third-order valence-corrected chi connectivity index (χ3v) is 3.33. The van der Waals surface area contributed by atoms with Crippen LogP contribution in [0.15, 0.2) is 24.3 Å². The van der Waals surface area contributed by atoms with E-state index in [0.717, 1.165) is 5.06 Å². The topological polar surface area (TPSA) is 38.8 Å². The van der Waals surface area contributed by atoms with E-state index in [2.05, 4.69) is 4.84 Å². The molecule has 0 N–H and O–H groups in total. The minimum Gasteiger partial charge on any atom is -0.490 e. The van der Waals surface area contributed by atoms with Crippen molar-refractivity contribution in [2.45, 2.75) is 25.1 Å². The van der Waals surface area contributed by atoms with E-state index in [-0.39, 0.29) is 13.2 Å². The maximum Gasteiger partial charge on any atom is 0.492 e. The zero-order valence-electron chi connectivity index (χ0n) is 10.9. The molecule has 1 fully saturated rings. The molecule has 0 saturated carbocycles. The maximum absolute atomic E-state index is 12.2. The van der Waals surface area contributed by atoms with Crippen LogP contribution in [0.2, 0.25) is 5.02 Å². The summed E-state index contributed by atoms with van der Waals surface area (Å²) in [5, 5.41) is 1.43. The predicted molar refractivity (Wildman–Crippen MR) is 68.8 cm³/mol. The van der Waals surface area contributed by atoms with Gasteiger partial charge in [0.25, 0.3) is 0 Å². The predicted octanol–water partition coefficient (Wildman–Crippen LogP) is 3.20. The first-order chi connectivity index (χ1) is 9.88. The van der Waals surface area contributed by atoms with Crippen LogP contribution in [0, 0.1) is 0 Å². The van der Waals surface area contributed by atoms with Crippen molar-refractivity contribution in [3.05, 3.63) is 29.3 Å². The molecule has 116 valence electrons. The van der Waals surface area contributed by atoms with Gasteiger partial charge in [-0.05, 0) is 25.0 Å². The van der Waals surface area contributed by atoms with Gasteiger partial charge in [0, 0.05) is 6.54 Å². The summed E-state index contributed by atoms with van der Waals surface area (Å²) in [6.07, 6.45) is -3.80. The van der Waals surface area contributed by atoms with Crippen LogP contribution in [-0.4, -0.2) is 36.4 Å². The van der Waals surface area contributed by atoms with Gasteiger partial charge >= 0.3 is 12.1 Å². The van der Waals surface area contributed by atoms with E-state index in [4.69, 9.17) is 16.3 Å². The van der Waals surface area contributed by atoms with E-state index in [1.165, 1.54) is 0 Å². The number of alkyl halides is 3. The molecule has 0 unspecified atom stereocenters. The standard InChI is InChI=1S/C13H13ClF3NO3/c14-10-5-1-2-6-11(10)20-8-9-4-3-7-18(9)21-12(19)13(15,16)17/h1-2,5-6,9H,3-4,7-8H2/t9-/m1/s1. The number of para-hydroxylation sites is 1. The molecule has 0 bridgehead atoms. The number of benzene rings is 1. The minimum atomic E-state index is -5.00. The van der Waals surface area contributed by atoms with Crippen LogP contribution in [0.25, 0.3) is 0 Å². The van der Waals surface area contributed by atoms with Crippen LogP contribution in [0.4, 0.5) is 13.2 Å². The molecule has 0 spiro atoms. The third kappa shape index (κ3) is 4.25. The molecule has 4 nitrogen and oxygen atoms in total. The number of hydrogen-bond donors (Lipinski definition) is 0. The van der Waals surface area contributed by atoms with Crippen LogP contribution in [-0.2, 0) is 9.63 Å². The Bertz CT molecular complexity index is 510. The third-order valence-electron chi connectivity index (χ3n) is 3.02. The second kappa shape index (κ2) is 6.53. The summed E-state index contributed by atoms with van der Waals surface area (Å²) in [5.74, 6) is -1.78. The number of carbonyl (C=O) groups is 1. The van der Waals surface area contributed by atoms with Gasteiger partial charge in [-0.3, -0.25) is 0 Å². The first kappa shape index (κ1) is 15.9. The molecule has 2 rings (SSSR count). The second-order valence-electron chi connectivity index (χ2n) is 4.55. The van der Waals surface area contributed by atoms with Crippen LogP contribution >= 0.6 is 11.6 Å². The minimum absolute atomic E-state index is 0.0921. The lowest BCUT2D eigenvalue weighted by Gasteiger charge is -2.23. The lowest BCUT2D eigenvalue weighted by Crippen LogP contribution is -2.40. The quantitative estimate of drug-likeness (QED) is 0.853. The van der Waals surface area contributed by atoms with Crippen molar-refractivity contribution in [2.75, 3.05) is 13.2 Å². The van der Waals surface area contributed by atoms with Gasteiger partial charge in [-0.25, -0.2) is 4.79 Å². The first-order valence-electron chi connectivity index (χ1n) is 6.31. The fourth-order valence-corrected chi connectivity index (χ4v) is 2.19. The molecule has 1 aromatic carbocycles.